The van der Waals surface area contributed by atoms with E-state index in [1.807, 2.05) is 0 Å². The molecule has 1 aromatic rings. The van der Waals surface area contributed by atoms with E-state index in [4.69, 9.17) is 0 Å². The van der Waals surface area contributed by atoms with Crippen molar-refractivity contribution >= 4 is 5.91 Å². The fourth-order valence-electron chi connectivity index (χ4n) is 1.66. The Kier molecular flexibility index (Phi) is 5.53. The number of carbonyl (C=O) groups excluding carboxylic acids is 1. The van der Waals surface area contributed by atoms with Crippen molar-refractivity contribution in [2.75, 3.05) is 0 Å². The van der Waals surface area contributed by atoms with Gasteiger partial charge < -0.3 is 5.32 Å². The molecule has 2 N–H and O–H groups in total. The molecule has 0 aliphatic rings. The van der Waals surface area contributed by atoms with Gasteiger partial charge in [-0.2, -0.15) is 5.10 Å². The molecule has 0 saturated carbocycles. The molecule has 0 aliphatic carbocycles. The van der Waals surface area contributed by atoms with Gasteiger partial charge in [-0.05, 0) is 12.8 Å². The highest BCUT2D eigenvalue weighted by atomic mass is 16.2. The number of rotatable bonds is 7. The van der Waals surface area contributed by atoms with E-state index in [-0.39, 0.29) is 17.8 Å². The third kappa shape index (κ3) is 4.00. The van der Waals surface area contributed by atoms with Gasteiger partial charge in [-0.15, -0.1) is 0 Å². The van der Waals surface area contributed by atoms with E-state index in [1.54, 1.807) is 0 Å². The fourth-order valence-corrected chi connectivity index (χ4v) is 1.66. The molecule has 0 bridgehead atoms. The SMILES string of the molecule is CCCCC(CCC)NC(=O)c1ncn[nH]1. The van der Waals surface area contributed by atoms with Crippen molar-refractivity contribution in [3.63, 3.8) is 0 Å². The van der Waals surface area contributed by atoms with E-state index in [9.17, 15) is 4.79 Å². The van der Waals surface area contributed by atoms with Crippen LogP contribution >= 0.6 is 0 Å². The number of aromatic nitrogens is 3. The second-order valence-corrected chi connectivity index (χ2v) is 3.94. The number of hydrogen-bond donors (Lipinski definition) is 2. The number of hydrogen-bond acceptors (Lipinski definition) is 3. The average Bonchev–Trinajstić information content (AvgIpc) is 2.79. The predicted octanol–water partition coefficient (Wildman–Crippen LogP) is 1.89. The molecule has 16 heavy (non-hydrogen) atoms. The predicted molar refractivity (Wildman–Crippen MR) is 62.1 cm³/mol. The molecule has 0 aromatic carbocycles. The number of nitrogens with one attached hydrogen (secondary N) is 2. The van der Waals surface area contributed by atoms with Crippen molar-refractivity contribution in [3.8, 4) is 0 Å². The van der Waals surface area contributed by atoms with Gasteiger partial charge in [0.05, 0.1) is 0 Å². The summed E-state index contributed by atoms with van der Waals surface area (Å²) >= 11 is 0. The van der Waals surface area contributed by atoms with Crippen molar-refractivity contribution < 1.29 is 4.79 Å². The molecule has 1 unspecified atom stereocenters. The maximum absolute atomic E-state index is 11.7. The lowest BCUT2D eigenvalue weighted by Crippen LogP contribution is -2.35. The number of unbranched alkanes of at least 4 members (excludes halogenated alkanes) is 1. The van der Waals surface area contributed by atoms with Gasteiger partial charge in [-0.25, -0.2) is 4.98 Å². The van der Waals surface area contributed by atoms with E-state index < -0.39 is 0 Å². The molecule has 1 atom stereocenters. The Bertz CT molecular complexity index is 297. The second-order valence-electron chi connectivity index (χ2n) is 3.94. The molecule has 0 radical (unpaired) electrons. The van der Waals surface area contributed by atoms with Crippen molar-refractivity contribution in [2.24, 2.45) is 0 Å². The van der Waals surface area contributed by atoms with E-state index >= 15 is 0 Å². The van der Waals surface area contributed by atoms with Gasteiger partial charge in [-0.1, -0.05) is 33.1 Å². The van der Waals surface area contributed by atoms with E-state index in [0.29, 0.717) is 0 Å². The van der Waals surface area contributed by atoms with Crippen LogP contribution in [-0.4, -0.2) is 27.1 Å². The smallest absolute Gasteiger partial charge is 0.288 e. The van der Waals surface area contributed by atoms with Gasteiger partial charge in [0.25, 0.3) is 5.91 Å². The quantitative estimate of drug-likeness (QED) is 0.743. The van der Waals surface area contributed by atoms with Gasteiger partial charge in [0.2, 0.25) is 5.82 Å². The van der Waals surface area contributed by atoms with Crippen LogP contribution in [0, 0.1) is 0 Å². The normalized spacial score (nSPS) is 12.4. The summed E-state index contributed by atoms with van der Waals surface area (Å²) in [5, 5.41) is 9.21. The lowest BCUT2D eigenvalue weighted by atomic mass is 10.1. The van der Waals surface area contributed by atoms with Gasteiger partial charge in [0.1, 0.15) is 6.33 Å². The molecule has 5 heteroatoms. The lowest BCUT2D eigenvalue weighted by Gasteiger charge is -2.16. The largest absolute Gasteiger partial charge is 0.347 e. The summed E-state index contributed by atoms with van der Waals surface area (Å²) in [7, 11) is 0. The molecule has 0 spiro atoms. The lowest BCUT2D eigenvalue weighted by molar-refractivity contribution is 0.0922. The molecule has 0 fully saturated rings. The van der Waals surface area contributed by atoms with Crippen molar-refractivity contribution in [1.29, 1.82) is 0 Å². The highest BCUT2D eigenvalue weighted by molar-refractivity contribution is 5.90. The molecule has 1 rings (SSSR count). The van der Waals surface area contributed by atoms with Gasteiger partial charge >= 0.3 is 0 Å². The third-order valence-corrected chi connectivity index (χ3v) is 2.51. The van der Waals surface area contributed by atoms with Crippen LogP contribution in [0.1, 0.15) is 56.6 Å². The van der Waals surface area contributed by atoms with Crippen molar-refractivity contribution in [2.45, 2.75) is 52.0 Å². The van der Waals surface area contributed by atoms with Crippen LogP contribution in [-0.2, 0) is 0 Å². The number of amides is 1. The Morgan fingerprint density at radius 2 is 2.25 bits per heavy atom. The highest BCUT2D eigenvalue weighted by Gasteiger charge is 2.14. The van der Waals surface area contributed by atoms with E-state index in [1.165, 1.54) is 6.33 Å². The molecule has 1 amide bonds. The maximum Gasteiger partial charge on any atom is 0.288 e. The maximum atomic E-state index is 11.7. The number of nitrogens with zero attached hydrogens (tertiary/aromatic N) is 2. The Morgan fingerprint density at radius 1 is 1.44 bits per heavy atom. The van der Waals surface area contributed by atoms with Crippen LogP contribution in [0.3, 0.4) is 0 Å². The Morgan fingerprint density at radius 3 is 2.81 bits per heavy atom. The molecule has 0 saturated heterocycles. The fraction of sp³-hybridized carbons (Fsp3) is 0.727. The first kappa shape index (κ1) is 12.7. The Hall–Kier alpha value is -1.39. The molecular weight excluding hydrogens is 204 g/mol. The first-order valence-electron chi connectivity index (χ1n) is 5.94. The standard InChI is InChI=1S/C11H20N4O/c1-3-5-7-9(6-4-2)14-11(16)10-12-8-13-15-10/h8-9H,3-7H2,1-2H3,(H,14,16)(H,12,13,15). The molecule has 90 valence electrons. The minimum Gasteiger partial charge on any atom is -0.347 e. The zero-order chi connectivity index (χ0) is 11.8. The summed E-state index contributed by atoms with van der Waals surface area (Å²) in [6.45, 7) is 4.28. The van der Waals surface area contributed by atoms with Crippen LogP contribution in [0.15, 0.2) is 6.33 Å². The first-order valence-corrected chi connectivity index (χ1v) is 5.94. The van der Waals surface area contributed by atoms with Crippen LogP contribution in [0.5, 0.6) is 0 Å². The number of H-pyrrole nitrogens is 1. The molecular formula is C11H20N4O. The second kappa shape index (κ2) is 6.98. The van der Waals surface area contributed by atoms with Crippen LogP contribution in [0.25, 0.3) is 0 Å². The minimum absolute atomic E-state index is 0.160. The van der Waals surface area contributed by atoms with Crippen LogP contribution in [0.4, 0.5) is 0 Å². The Balaban J connectivity index is 2.44. The summed E-state index contributed by atoms with van der Waals surface area (Å²) in [5.74, 6) is 0.129. The molecule has 0 aliphatic heterocycles. The molecule has 1 heterocycles. The van der Waals surface area contributed by atoms with Crippen molar-refractivity contribution in [3.05, 3.63) is 12.2 Å². The summed E-state index contributed by atoms with van der Waals surface area (Å²) in [5.41, 5.74) is 0. The zero-order valence-electron chi connectivity index (χ0n) is 9.99. The number of carbonyl (C=O) groups is 1. The zero-order valence-corrected chi connectivity index (χ0v) is 9.99. The van der Waals surface area contributed by atoms with Gasteiger partial charge in [0, 0.05) is 6.04 Å². The van der Waals surface area contributed by atoms with Crippen molar-refractivity contribution in [1.82, 2.24) is 20.5 Å². The molecule has 1 aromatic heterocycles. The summed E-state index contributed by atoms with van der Waals surface area (Å²) in [6.07, 6.45) is 6.75. The summed E-state index contributed by atoms with van der Waals surface area (Å²) in [6, 6.07) is 0.252. The summed E-state index contributed by atoms with van der Waals surface area (Å²) in [4.78, 5) is 15.5. The minimum atomic E-state index is -0.160. The summed E-state index contributed by atoms with van der Waals surface area (Å²) < 4.78 is 0. The van der Waals surface area contributed by atoms with Gasteiger partial charge in [0.15, 0.2) is 0 Å². The first-order chi connectivity index (χ1) is 7.77. The Labute approximate surface area is 96.0 Å². The van der Waals surface area contributed by atoms with E-state index in [2.05, 4.69) is 34.3 Å². The average molecular weight is 224 g/mol. The number of aromatic amines is 1. The topological polar surface area (TPSA) is 70.7 Å². The molecule has 5 nitrogen and oxygen atoms in total. The van der Waals surface area contributed by atoms with E-state index in [0.717, 1.165) is 32.1 Å². The highest BCUT2D eigenvalue weighted by Crippen LogP contribution is 2.07. The third-order valence-electron chi connectivity index (χ3n) is 2.51. The van der Waals surface area contributed by atoms with Gasteiger partial charge in [-0.3, -0.25) is 9.89 Å². The van der Waals surface area contributed by atoms with Crippen LogP contribution < -0.4 is 5.32 Å². The monoisotopic (exact) mass is 224 g/mol. The van der Waals surface area contributed by atoms with Crippen LogP contribution in [0.2, 0.25) is 0 Å².